The second-order valence-electron chi connectivity index (χ2n) is 5.87. The smallest absolute Gasteiger partial charge is 0.240 e. The molecule has 3 rings (SSSR count). The Labute approximate surface area is 146 Å². The number of carbonyl (C=O) groups is 1. The zero-order valence-corrected chi connectivity index (χ0v) is 14.7. The Morgan fingerprint density at radius 1 is 1.24 bits per heavy atom. The van der Waals surface area contributed by atoms with E-state index in [4.69, 9.17) is 0 Å². The number of hydrogen-bond acceptors (Lipinski definition) is 5. The SMILES string of the molecule is CC(=O)N1N=C(c2ccc(NS(C)(=O)=O)cc2)CC1c1cccnc1. The highest BCUT2D eigenvalue weighted by Crippen LogP contribution is 2.32. The van der Waals surface area contributed by atoms with Crippen molar-refractivity contribution in [3.8, 4) is 0 Å². The molecule has 1 aromatic carbocycles. The largest absolute Gasteiger partial charge is 0.284 e. The van der Waals surface area contributed by atoms with Crippen LogP contribution >= 0.6 is 0 Å². The van der Waals surface area contributed by atoms with E-state index in [1.165, 1.54) is 11.9 Å². The van der Waals surface area contributed by atoms with E-state index >= 15 is 0 Å². The van der Waals surface area contributed by atoms with Gasteiger partial charge in [0.05, 0.1) is 18.0 Å². The van der Waals surface area contributed by atoms with Crippen LogP contribution in [0.1, 0.15) is 30.5 Å². The number of rotatable bonds is 4. The van der Waals surface area contributed by atoms with E-state index in [-0.39, 0.29) is 11.9 Å². The summed E-state index contributed by atoms with van der Waals surface area (Å²) in [7, 11) is -3.31. The van der Waals surface area contributed by atoms with Gasteiger partial charge in [-0.2, -0.15) is 5.10 Å². The van der Waals surface area contributed by atoms with Crippen LogP contribution in [-0.4, -0.2) is 36.3 Å². The molecule has 8 heteroatoms. The molecule has 1 unspecified atom stereocenters. The first-order valence-corrected chi connectivity index (χ1v) is 9.58. The predicted octanol–water partition coefficient (Wildman–Crippen LogP) is 2.15. The molecule has 0 aliphatic carbocycles. The number of pyridine rings is 1. The first-order chi connectivity index (χ1) is 11.8. The molecule has 25 heavy (non-hydrogen) atoms. The van der Waals surface area contributed by atoms with Crippen molar-refractivity contribution in [3.63, 3.8) is 0 Å². The fraction of sp³-hybridized carbons (Fsp3) is 0.235. The summed E-state index contributed by atoms with van der Waals surface area (Å²) in [5.74, 6) is -0.140. The summed E-state index contributed by atoms with van der Waals surface area (Å²) >= 11 is 0. The van der Waals surface area contributed by atoms with Crippen molar-refractivity contribution in [1.82, 2.24) is 9.99 Å². The number of nitrogens with zero attached hydrogens (tertiary/aromatic N) is 3. The molecule has 0 saturated carbocycles. The third-order valence-electron chi connectivity index (χ3n) is 3.82. The molecule has 0 saturated heterocycles. The molecular weight excluding hydrogens is 340 g/mol. The van der Waals surface area contributed by atoms with Crippen LogP contribution in [0.5, 0.6) is 0 Å². The highest BCUT2D eigenvalue weighted by atomic mass is 32.2. The Morgan fingerprint density at radius 3 is 2.52 bits per heavy atom. The number of hydrazone groups is 1. The molecule has 1 amide bonds. The van der Waals surface area contributed by atoms with Crippen molar-refractivity contribution in [2.75, 3.05) is 11.0 Å². The van der Waals surface area contributed by atoms with Crippen LogP contribution in [-0.2, 0) is 14.8 Å². The van der Waals surface area contributed by atoms with Crippen LogP contribution in [0.25, 0.3) is 0 Å². The molecule has 130 valence electrons. The van der Waals surface area contributed by atoms with Crippen molar-refractivity contribution in [1.29, 1.82) is 0 Å². The number of nitrogens with one attached hydrogen (secondary N) is 1. The minimum atomic E-state index is -3.31. The van der Waals surface area contributed by atoms with Crippen molar-refractivity contribution >= 4 is 27.3 Å². The van der Waals surface area contributed by atoms with E-state index in [2.05, 4.69) is 14.8 Å². The van der Waals surface area contributed by atoms with Crippen LogP contribution in [0, 0.1) is 0 Å². The second kappa shape index (κ2) is 6.64. The van der Waals surface area contributed by atoms with Gasteiger partial charge in [0, 0.05) is 31.4 Å². The van der Waals surface area contributed by atoms with E-state index in [1.807, 2.05) is 12.1 Å². The summed E-state index contributed by atoms with van der Waals surface area (Å²) < 4.78 is 25.0. The lowest BCUT2D eigenvalue weighted by molar-refractivity contribution is -0.130. The molecule has 2 heterocycles. The number of amides is 1. The first kappa shape index (κ1) is 17.1. The minimum absolute atomic E-state index is 0.140. The lowest BCUT2D eigenvalue weighted by atomic mass is 9.99. The van der Waals surface area contributed by atoms with Crippen LogP contribution in [0.4, 0.5) is 5.69 Å². The number of anilines is 1. The Hall–Kier alpha value is -2.74. The molecule has 1 aliphatic heterocycles. The normalized spacial score (nSPS) is 17.3. The summed E-state index contributed by atoms with van der Waals surface area (Å²) in [6.07, 6.45) is 5.10. The molecule has 2 aromatic rings. The highest BCUT2D eigenvalue weighted by molar-refractivity contribution is 7.92. The molecule has 1 N–H and O–H groups in total. The fourth-order valence-electron chi connectivity index (χ4n) is 2.75. The van der Waals surface area contributed by atoms with Gasteiger partial charge >= 0.3 is 0 Å². The average Bonchev–Trinajstić information content (AvgIpc) is 3.00. The molecular formula is C17H18N4O3S. The quantitative estimate of drug-likeness (QED) is 0.906. The van der Waals surface area contributed by atoms with E-state index in [0.29, 0.717) is 12.1 Å². The summed E-state index contributed by atoms with van der Waals surface area (Å²) in [4.78, 5) is 16.1. The number of hydrogen-bond donors (Lipinski definition) is 1. The third kappa shape index (κ3) is 4.03. The van der Waals surface area contributed by atoms with Gasteiger partial charge in [-0.05, 0) is 29.3 Å². The van der Waals surface area contributed by atoms with Gasteiger partial charge in [-0.25, -0.2) is 13.4 Å². The summed E-state index contributed by atoms with van der Waals surface area (Å²) in [5.41, 5.74) is 3.02. The Balaban J connectivity index is 1.85. The molecule has 7 nitrogen and oxygen atoms in total. The Kier molecular flexibility index (Phi) is 4.54. The average molecular weight is 358 g/mol. The molecule has 0 radical (unpaired) electrons. The molecule has 0 fully saturated rings. The third-order valence-corrected chi connectivity index (χ3v) is 4.43. The topological polar surface area (TPSA) is 91.7 Å². The second-order valence-corrected chi connectivity index (χ2v) is 7.62. The maximum absolute atomic E-state index is 11.9. The zero-order chi connectivity index (χ0) is 18.0. The molecule has 1 aromatic heterocycles. The maximum Gasteiger partial charge on any atom is 0.240 e. The zero-order valence-electron chi connectivity index (χ0n) is 13.9. The number of benzene rings is 1. The van der Waals surface area contributed by atoms with E-state index < -0.39 is 10.0 Å². The minimum Gasteiger partial charge on any atom is -0.284 e. The first-order valence-electron chi connectivity index (χ1n) is 7.69. The van der Waals surface area contributed by atoms with Gasteiger partial charge in [0.2, 0.25) is 15.9 Å². The Bertz CT molecular complexity index is 909. The standard InChI is InChI=1S/C17H18N4O3S/c1-12(22)21-17(14-4-3-9-18-11-14)10-16(19-21)13-5-7-15(8-6-13)20-25(2,23)24/h3-9,11,17,20H,10H2,1-2H3. The predicted molar refractivity (Wildman–Crippen MR) is 95.6 cm³/mol. The van der Waals surface area contributed by atoms with Crippen LogP contribution in [0.2, 0.25) is 0 Å². The molecule has 1 atom stereocenters. The molecule has 1 aliphatic rings. The van der Waals surface area contributed by atoms with Crippen LogP contribution < -0.4 is 4.72 Å². The number of sulfonamides is 1. The summed E-state index contributed by atoms with van der Waals surface area (Å²) in [5, 5.41) is 5.92. The van der Waals surface area contributed by atoms with E-state index in [1.54, 1.807) is 36.7 Å². The van der Waals surface area contributed by atoms with Crippen molar-refractivity contribution in [3.05, 3.63) is 59.9 Å². The van der Waals surface area contributed by atoms with Crippen LogP contribution in [0.15, 0.2) is 53.9 Å². The maximum atomic E-state index is 11.9. The monoisotopic (exact) mass is 358 g/mol. The molecule has 0 spiro atoms. The van der Waals surface area contributed by atoms with Gasteiger partial charge in [-0.15, -0.1) is 0 Å². The lowest BCUT2D eigenvalue weighted by Crippen LogP contribution is -2.24. The summed E-state index contributed by atoms with van der Waals surface area (Å²) in [6, 6.07) is 10.5. The fourth-order valence-corrected chi connectivity index (χ4v) is 3.32. The van der Waals surface area contributed by atoms with Crippen molar-refractivity contribution in [2.45, 2.75) is 19.4 Å². The van der Waals surface area contributed by atoms with Crippen molar-refractivity contribution < 1.29 is 13.2 Å². The van der Waals surface area contributed by atoms with Gasteiger partial charge in [0.25, 0.3) is 0 Å². The summed E-state index contributed by atoms with van der Waals surface area (Å²) in [6.45, 7) is 1.48. The van der Waals surface area contributed by atoms with E-state index in [0.717, 1.165) is 23.1 Å². The highest BCUT2D eigenvalue weighted by Gasteiger charge is 2.31. The van der Waals surface area contributed by atoms with Gasteiger partial charge in [0.15, 0.2) is 0 Å². The number of carbonyl (C=O) groups excluding carboxylic acids is 1. The Morgan fingerprint density at radius 2 is 1.96 bits per heavy atom. The number of aromatic nitrogens is 1. The van der Waals surface area contributed by atoms with Gasteiger partial charge in [-0.3, -0.25) is 14.5 Å². The van der Waals surface area contributed by atoms with Gasteiger partial charge in [0.1, 0.15) is 0 Å². The van der Waals surface area contributed by atoms with Crippen LogP contribution in [0.3, 0.4) is 0 Å². The van der Waals surface area contributed by atoms with E-state index in [9.17, 15) is 13.2 Å². The van der Waals surface area contributed by atoms with Crippen molar-refractivity contribution in [2.24, 2.45) is 5.10 Å². The van der Waals surface area contributed by atoms with Gasteiger partial charge in [-0.1, -0.05) is 18.2 Å². The van der Waals surface area contributed by atoms with Gasteiger partial charge < -0.3 is 0 Å². The lowest BCUT2D eigenvalue weighted by Gasteiger charge is -2.19. The molecule has 0 bridgehead atoms.